The van der Waals surface area contributed by atoms with Crippen LogP contribution < -0.4 is 4.72 Å². The molecule has 38 heavy (non-hydrogen) atoms. The molecule has 5 atom stereocenters. The second kappa shape index (κ2) is 9.13. The van der Waals surface area contributed by atoms with Crippen LogP contribution in [0, 0.1) is 18.8 Å². The van der Waals surface area contributed by atoms with E-state index in [1.807, 2.05) is 18.2 Å². The molecule has 2 aliphatic carbocycles. The summed E-state index contributed by atoms with van der Waals surface area (Å²) in [7, 11) is -7.20. The first kappa shape index (κ1) is 25.4. The third-order valence-corrected chi connectivity index (χ3v) is 12.0. The summed E-state index contributed by atoms with van der Waals surface area (Å²) in [4.78, 5) is 4.62. The van der Waals surface area contributed by atoms with Crippen molar-refractivity contribution in [1.29, 1.82) is 0 Å². The number of rotatable bonds is 8. The number of nitrogens with zero attached hydrogens (tertiary/aromatic N) is 5. The van der Waals surface area contributed by atoms with Gasteiger partial charge in [0.2, 0.25) is 10.0 Å². The van der Waals surface area contributed by atoms with Crippen molar-refractivity contribution in [2.75, 3.05) is 0 Å². The van der Waals surface area contributed by atoms with Crippen LogP contribution in [0.15, 0.2) is 47.6 Å². The molecule has 1 N–H and O–H groups in total. The van der Waals surface area contributed by atoms with Crippen molar-refractivity contribution in [2.24, 2.45) is 11.8 Å². The monoisotopic (exact) mass is 556 g/mol. The lowest BCUT2D eigenvalue weighted by atomic mass is 9.93. The summed E-state index contributed by atoms with van der Waals surface area (Å²) in [5.41, 5.74) is 2.39. The van der Waals surface area contributed by atoms with Gasteiger partial charge in [-0.15, -0.1) is 10.2 Å². The summed E-state index contributed by atoms with van der Waals surface area (Å²) in [6, 6.07) is 8.28. The number of sulfonamides is 1. The summed E-state index contributed by atoms with van der Waals surface area (Å²) < 4.78 is 58.7. The van der Waals surface area contributed by atoms with Gasteiger partial charge in [0.1, 0.15) is 5.82 Å². The van der Waals surface area contributed by atoms with Gasteiger partial charge in [-0.25, -0.2) is 30.5 Å². The fourth-order valence-corrected chi connectivity index (χ4v) is 9.38. The predicted molar refractivity (Wildman–Crippen MR) is 144 cm³/mol. The van der Waals surface area contributed by atoms with Gasteiger partial charge in [0.25, 0.3) is 10.0 Å². The number of aryl methyl sites for hydroxylation is 1. The second-order valence-corrected chi connectivity index (χ2v) is 14.4. The first-order valence-corrected chi connectivity index (χ1v) is 16.2. The van der Waals surface area contributed by atoms with Crippen molar-refractivity contribution < 1.29 is 16.8 Å². The molecule has 0 spiro atoms. The third-order valence-electron chi connectivity index (χ3n) is 8.30. The topological polar surface area (TPSA) is 128 Å². The van der Waals surface area contributed by atoms with Crippen LogP contribution in [0.5, 0.6) is 0 Å². The van der Waals surface area contributed by atoms with Crippen LogP contribution in [-0.2, 0) is 20.0 Å². The highest BCUT2D eigenvalue weighted by Crippen LogP contribution is 2.44. The average molecular weight is 557 g/mol. The minimum atomic E-state index is -3.85. The molecule has 10 nitrogen and oxygen atoms in total. The Bertz CT molecular complexity index is 1730. The minimum Gasteiger partial charge on any atom is -0.274 e. The summed E-state index contributed by atoms with van der Waals surface area (Å²) in [6.45, 7) is 6.04. The van der Waals surface area contributed by atoms with E-state index in [0.29, 0.717) is 29.1 Å². The molecule has 3 heterocycles. The van der Waals surface area contributed by atoms with Gasteiger partial charge >= 0.3 is 0 Å². The molecular weight excluding hydrogens is 524 g/mol. The lowest BCUT2D eigenvalue weighted by molar-refractivity contribution is 0.449. The Morgan fingerprint density at radius 3 is 2.37 bits per heavy atom. The normalized spacial score (nSPS) is 25.9. The van der Waals surface area contributed by atoms with Crippen molar-refractivity contribution in [3.05, 3.63) is 54.1 Å². The largest absolute Gasteiger partial charge is 0.274 e. The molecule has 4 aromatic rings. The van der Waals surface area contributed by atoms with E-state index >= 15 is 0 Å². The average Bonchev–Trinajstić information content (AvgIpc) is 3.19. The maximum Gasteiger partial charge on any atom is 0.269 e. The fourth-order valence-electron chi connectivity index (χ4n) is 6.05. The Morgan fingerprint density at radius 2 is 1.68 bits per heavy atom. The maximum atomic E-state index is 13.4. The lowest BCUT2D eigenvalue weighted by Crippen LogP contribution is -2.36. The van der Waals surface area contributed by atoms with Crippen LogP contribution >= 0.6 is 0 Å². The van der Waals surface area contributed by atoms with E-state index in [4.69, 9.17) is 0 Å². The van der Waals surface area contributed by atoms with Crippen molar-refractivity contribution in [1.82, 2.24) is 28.3 Å². The van der Waals surface area contributed by atoms with E-state index < -0.39 is 20.0 Å². The Kier molecular flexibility index (Phi) is 6.11. The van der Waals surface area contributed by atoms with E-state index in [1.165, 1.54) is 16.4 Å². The quantitative estimate of drug-likeness (QED) is 0.351. The van der Waals surface area contributed by atoms with Gasteiger partial charge < -0.3 is 0 Å². The van der Waals surface area contributed by atoms with Gasteiger partial charge in [0, 0.05) is 18.2 Å². The Morgan fingerprint density at radius 1 is 0.947 bits per heavy atom. The van der Waals surface area contributed by atoms with Crippen molar-refractivity contribution >= 4 is 36.9 Å². The highest BCUT2D eigenvalue weighted by Gasteiger charge is 2.48. The number of benzene rings is 1. The van der Waals surface area contributed by atoms with E-state index in [1.54, 1.807) is 30.3 Å². The van der Waals surface area contributed by atoms with Crippen LogP contribution in [-0.4, -0.2) is 51.7 Å². The summed E-state index contributed by atoms with van der Waals surface area (Å²) in [5, 5.41) is 8.56. The SMILES string of the molecule is CCC1CC1S(=O)(=O)N[C@H]1C[C@@H](CC)[C@@H](c2nnc3cnc4c(ccn4S(=O)(=O)c4ccc(C)cc4)n23)C1. The molecule has 6 rings (SSSR count). The summed E-state index contributed by atoms with van der Waals surface area (Å²) in [6.07, 6.45) is 6.89. The highest BCUT2D eigenvalue weighted by molar-refractivity contribution is 7.90. The zero-order valence-electron chi connectivity index (χ0n) is 21.6. The Hall–Kier alpha value is -2.83. The van der Waals surface area contributed by atoms with Gasteiger partial charge in [-0.1, -0.05) is 44.4 Å². The molecule has 0 saturated heterocycles. The van der Waals surface area contributed by atoms with E-state index in [9.17, 15) is 16.8 Å². The molecular formula is C26H32N6O4S2. The zero-order chi connectivity index (χ0) is 26.8. The van der Waals surface area contributed by atoms with Gasteiger partial charge in [-0.2, -0.15) is 0 Å². The molecule has 2 unspecified atom stereocenters. The number of nitrogens with one attached hydrogen (secondary N) is 1. The van der Waals surface area contributed by atoms with E-state index in [2.05, 4.69) is 26.8 Å². The van der Waals surface area contributed by atoms with Crippen LogP contribution in [0.25, 0.3) is 16.8 Å². The van der Waals surface area contributed by atoms with Crippen molar-refractivity contribution in [3.8, 4) is 0 Å². The molecule has 1 aromatic carbocycles. The number of hydrogen-bond acceptors (Lipinski definition) is 7. The van der Waals surface area contributed by atoms with Crippen LogP contribution in [0.2, 0.25) is 0 Å². The predicted octanol–water partition coefficient (Wildman–Crippen LogP) is 3.61. The smallest absolute Gasteiger partial charge is 0.269 e. The molecule has 0 amide bonds. The molecule has 2 saturated carbocycles. The number of fused-ring (bicyclic) bond motifs is 3. The maximum absolute atomic E-state index is 13.4. The van der Waals surface area contributed by atoms with Gasteiger partial charge in [-0.3, -0.25) is 4.40 Å². The molecule has 0 aliphatic heterocycles. The minimum absolute atomic E-state index is 0.0217. The summed E-state index contributed by atoms with van der Waals surface area (Å²) >= 11 is 0. The third kappa shape index (κ3) is 4.13. The van der Waals surface area contributed by atoms with E-state index in [0.717, 1.165) is 31.2 Å². The van der Waals surface area contributed by atoms with Crippen molar-refractivity contribution in [3.63, 3.8) is 0 Å². The lowest BCUT2D eigenvalue weighted by Gasteiger charge is -2.16. The molecule has 2 aliphatic rings. The Labute approximate surface area is 222 Å². The molecule has 202 valence electrons. The number of hydrogen-bond donors (Lipinski definition) is 1. The van der Waals surface area contributed by atoms with Gasteiger partial charge in [0.15, 0.2) is 11.3 Å². The number of aromatic nitrogens is 5. The second-order valence-electron chi connectivity index (χ2n) is 10.7. The highest BCUT2D eigenvalue weighted by atomic mass is 32.2. The summed E-state index contributed by atoms with van der Waals surface area (Å²) in [5.74, 6) is 1.17. The Balaban J connectivity index is 1.36. The standard InChI is InChI=1S/C26H32N6O4S2/c1-4-17-12-19(30-37(33,34)23-13-18(23)5-2)14-21(17)25-29-28-24-15-27-26-22(32(24)25)10-11-31(26)38(35,36)20-8-6-16(3)7-9-20/h6-11,15,17-19,21,23,30H,4-5,12-14H2,1-3H3/t17-,18?,19+,21+,23?/m1/s1. The first-order valence-electron chi connectivity index (χ1n) is 13.2. The van der Waals surface area contributed by atoms with E-state index in [-0.39, 0.29) is 33.9 Å². The zero-order valence-corrected chi connectivity index (χ0v) is 23.3. The molecule has 0 bridgehead atoms. The molecule has 2 fully saturated rings. The van der Waals surface area contributed by atoms with Crippen LogP contribution in [0.1, 0.15) is 63.3 Å². The molecule has 0 radical (unpaired) electrons. The molecule has 12 heteroatoms. The van der Waals surface area contributed by atoms with Gasteiger partial charge in [-0.05, 0) is 56.2 Å². The fraction of sp³-hybridized carbons (Fsp3) is 0.500. The molecule has 3 aromatic heterocycles. The first-order chi connectivity index (χ1) is 18.1. The van der Waals surface area contributed by atoms with Gasteiger partial charge in [0.05, 0.1) is 21.9 Å². The van der Waals surface area contributed by atoms with Crippen LogP contribution in [0.4, 0.5) is 0 Å². The van der Waals surface area contributed by atoms with Crippen LogP contribution in [0.3, 0.4) is 0 Å². The van der Waals surface area contributed by atoms with Crippen molar-refractivity contribution in [2.45, 2.75) is 75.0 Å².